The van der Waals surface area contributed by atoms with Crippen LogP contribution in [0.5, 0.6) is 5.75 Å². The van der Waals surface area contributed by atoms with Crippen molar-refractivity contribution in [2.75, 3.05) is 18.0 Å². The van der Waals surface area contributed by atoms with Gasteiger partial charge in [-0.3, -0.25) is 9.59 Å². The van der Waals surface area contributed by atoms with Gasteiger partial charge < -0.3 is 9.64 Å². The average Bonchev–Trinajstić information content (AvgIpc) is 3.11. The highest BCUT2D eigenvalue weighted by Crippen LogP contribution is 2.38. The largest absolute Gasteiger partial charge is 0.426 e. The third-order valence-corrected chi connectivity index (χ3v) is 6.29. The zero-order valence-corrected chi connectivity index (χ0v) is 17.4. The quantitative estimate of drug-likeness (QED) is 0.332. The van der Waals surface area contributed by atoms with Crippen LogP contribution in [0.15, 0.2) is 36.4 Å². The standard InChI is InChI=1S/C23H21ClF3NO3/c24-19-5-4-17(13-18(19)23(25,26)27)28-9-7-14(8-10-28)1-6-20(29)15-2-3-16-12-22(30)31-21(16)11-15/h2-5,11,13-14H,1,6-10,12H2. The van der Waals surface area contributed by atoms with Gasteiger partial charge in [0.1, 0.15) is 5.75 Å². The van der Waals surface area contributed by atoms with E-state index < -0.39 is 11.7 Å². The number of hydrogen-bond donors (Lipinski definition) is 0. The summed E-state index contributed by atoms with van der Waals surface area (Å²) < 4.78 is 44.4. The van der Waals surface area contributed by atoms with Crippen LogP contribution >= 0.6 is 11.6 Å². The second-order valence-electron chi connectivity index (χ2n) is 8.03. The van der Waals surface area contributed by atoms with Crippen molar-refractivity contribution in [1.29, 1.82) is 0 Å². The first-order valence-corrected chi connectivity index (χ1v) is 10.6. The number of hydrogen-bond acceptors (Lipinski definition) is 4. The average molecular weight is 452 g/mol. The fourth-order valence-corrected chi connectivity index (χ4v) is 4.39. The summed E-state index contributed by atoms with van der Waals surface area (Å²) in [6, 6.07) is 9.12. The maximum atomic E-state index is 13.1. The van der Waals surface area contributed by atoms with Crippen molar-refractivity contribution < 1.29 is 27.5 Å². The number of carbonyl (C=O) groups is 2. The Hall–Kier alpha value is -2.54. The highest BCUT2D eigenvalue weighted by atomic mass is 35.5. The van der Waals surface area contributed by atoms with Crippen molar-refractivity contribution in [3.05, 3.63) is 58.1 Å². The molecule has 0 amide bonds. The van der Waals surface area contributed by atoms with Gasteiger partial charge in [-0.05, 0) is 49.4 Å². The number of rotatable bonds is 5. The minimum atomic E-state index is -4.48. The number of alkyl halides is 3. The molecule has 2 aromatic rings. The van der Waals surface area contributed by atoms with Crippen molar-refractivity contribution in [2.45, 2.75) is 38.3 Å². The van der Waals surface area contributed by atoms with Crippen LogP contribution in [-0.4, -0.2) is 24.8 Å². The highest BCUT2D eigenvalue weighted by Gasteiger charge is 2.34. The molecule has 2 aliphatic heterocycles. The number of Topliss-reactive ketones (excluding diaryl/α,β-unsaturated/α-hetero) is 1. The lowest BCUT2D eigenvalue weighted by molar-refractivity contribution is -0.137. The van der Waals surface area contributed by atoms with E-state index in [9.17, 15) is 22.8 Å². The summed E-state index contributed by atoms with van der Waals surface area (Å²) in [6.45, 7) is 1.26. The van der Waals surface area contributed by atoms with Crippen molar-refractivity contribution in [2.24, 2.45) is 5.92 Å². The van der Waals surface area contributed by atoms with Crippen LogP contribution in [0.3, 0.4) is 0 Å². The first kappa shape index (κ1) is 21.7. The van der Waals surface area contributed by atoms with Gasteiger partial charge in [-0.1, -0.05) is 23.7 Å². The molecule has 2 heterocycles. The molecule has 31 heavy (non-hydrogen) atoms. The summed E-state index contributed by atoms with van der Waals surface area (Å²) in [5, 5.41) is -0.300. The van der Waals surface area contributed by atoms with E-state index in [1.54, 1.807) is 24.3 Å². The summed E-state index contributed by atoms with van der Waals surface area (Å²) in [6.07, 6.45) is -1.53. The number of halogens is 4. The Kier molecular flexibility index (Phi) is 5.97. The van der Waals surface area contributed by atoms with E-state index in [2.05, 4.69) is 0 Å². The number of nitrogens with zero attached hydrogens (tertiary/aromatic N) is 1. The molecule has 164 valence electrons. The van der Waals surface area contributed by atoms with Crippen LogP contribution in [0.1, 0.15) is 47.2 Å². The van der Waals surface area contributed by atoms with Crippen LogP contribution in [-0.2, 0) is 17.4 Å². The first-order chi connectivity index (χ1) is 14.7. The van der Waals surface area contributed by atoms with Gasteiger partial charge in [0.15, 0.2) is 5.78 Å². The van der Waals surface area contributed by atoms with E-state index in [1.165, 1.54) is 6.07 Å². The molecule has 4 nitrogen and oxygen atoms in total. The molecule has 0 radical (unpaired) electrons. The van der Waals surface area contributed by atoms with Crippen LogP contribution < -0.4 is 9.64 Å². The smallest absolute Gasteiger partial charge is 0.417 e. The third kappa shape index (κ3) is 4.87. The number of ketones is 1. The summed E-state index contributed by atoms with van der Waals surface area (Å²) in [5.74, 6) is 0.488. The molecule has 0 N–H and O–H groups in total. The molecule has 0 spiro atoms. The molecule has 0 saturated carbocycles. The predicted molar refractivity (Wildman–Crippen MR) is 111 cm³/mol. The van der Waals surface area contributed by atoms with Crippen molar-refractivity contribution >= 4 is 29.0 Å². The van der Waals surface area contributed by atoms with E-state index in [4.69, 9.17) is 16.3 Å². The van der Waals surface area contributed by atoms with Gasteiger partial charge in [0.25, 0.3) is 0 Å². The molecule has 8 heteroatoms. The van der Waals surface area contributed by atoms with Crippen LogP contribution in [0, 0.1) is 5.92 Å². The molecular formula is C23H21ClF3NO3. The van der Waals surface area contributed by atoms with Gasteiger partial charge in [-0.15, -0.1) is 0 Å². The Morgan fingerprint density at radius 1 is 1.13 bits per heavy atom. The Labute approximate surface area is 182 Å². The molecular weight excluding hydrogens is 431 g/mol. The van der Waals surface area contributed by atoms with Crippen molar-refractivity contribution in [1.82, 2.24) is 0 Å². The Morgan fingerprint density at radius 2 is 1.87 bits per heavy atom. The lowest BCUT2D eigenvalue weighted by Gasteiger charge is -2.34. The van der Waals surface area contributed by atoms with Crippen molar-refractivity contribution in [3.8, 4) is 5.75 Å². The lowest BCUT2D eigenvalue weighted by Crippen LogP contribution is -2.34. The summed E-state index contributed by atoms with van der Waals surface area (Å²) in [7, 11) is 0. The Bertz CT molecular complexity index is 1010. The normalized spacial score (nSPS) is 16.9. The number of ether oxygens (including phenoxy) is 1. The number of piperidine rings is 1. The Balaban J connectivity index is 1.31. The predicted octanol–water partition coefficient (Wildman–Crippen LogP) is 5.70. The van der Waals surface area contributed by atoms with Crippen molar-refractivity contribution in [3.63, 3.8) is 0 Å². The molecule has 1 fully saturated rings. The van der Waals surface area contributed by atoms with E-state index in [0.717, 1.165) is 30.9 Å². The number of anilines is 1. The minimum absolute atomic E-state index is 0.000647. The van der Waals surface area contributed by atoms with E-state index in [0.29, 0.717) is 42.4 Å². The SMILES string of the molecule is O=C1Cc2ccc(C(=O)CCC3CCN(c4ccc(Cl)c(C(F)(F)F)c4)CC3)cc2O1. The molecule has 2 aromatic carbocycles. The Morgan fingerprint density at radius 3 is 2.58 bits per heavy atom. The second kappa shape index (κ2) is 8.54. The maximum Gasteiger partial charge on any atom is 0.417 e. The maximum absolute atomic E-state index is 13.1. The highest BCUT2D eigenvalue weighted by molar-refractivity contribution is 6.31. The van der Waals surface area contributed by atoms with Gasteiger partial charge >= 0.3 is 12.1 Å². The van der Waals surface area contributed by atoms with Gasteiger partial charge in [0, 0.05) is 36.3 Å². The van der Waals surface area contributed by atoms with Gasteiger partial charge in [-0.25, -0.2) is 0 Å². The second-order valence-corrected chi connectivity index (χ2v) is 8.43. The van der Waals surface area contributed by atoms with Gasteiger partial charge in [-0.2, -0.15) is 13.2 Å². The summed E-state index contributed by atoms with van der Waals surface area (Å²) >= 11 is 5.71. The van der Waals surface area contributed by atoms with Gasteiger partial charge in [0.05, 0.1) is 17.0 Å². The number of carbonyl (C=O) groups excluding carboxylic acids is 2. The first-order valence-electron chi connectivity index (χ1n) is 10.2. The fraction of sp³-hybridized carbons (Fsp3) is 0.391. The van der Waals surface area contributed by atoms with E-state index in [1.807, 2.05) is 4.90 Å². The van der Waals surface area contributed by atoms with E-state index >= 15 is 0 Å². The monoisotopic (exact) mass is 451 g/mol. The number of benzene rings is 2. The zero-order valence-electron chi connectivity index (χ0n) is 16.7. The zero-order chi connectivity index (χ0) is 22.2. The molecule has 1 saturated heterocycles. The van der Waals surface area contributed by atoms with Gasteiger partial charge in [0.2, 0.25) is 0 Å². The van der Waals surface area contributed by atoms with Crippen LogP contribution in [0.4, 0.5) is 18.9 Å². The minimum Gasteiger partial charge on any atom is -0.426 e. The van der Waals surface area contributed by atoms with Crippen LogP contribution in [0.25, 0.3) is 0 Å². The number of esters is 1. The molecule has 4 rings (SSSR count). The molecule has 0 aliphatic carbocycles. The third-order valence-electron chi connectivity index (χ3n) is 5.96. The topological polar surface area (TPSA) is 46.6 Å². The molecule has 0 atom stereocenters. The summed E-state index contributed by atoms with van der Waals surface area (Å²) in [4.78, 5) is 25.8. The molecule has 0 unspecified atom stereocenters. The number of fused-ring (bicyclic) bond motifs is 1. The van der Waals surface area contributed by atoms with Crippen LogP contribution in [0.2, 0.25) is 5.02 Å². The molecule has 2 aliphatic rings. The fourth-order valence-electron chi connectivity index (χ4n) is 4.17. The summed E-state index contributed by atoms with van der Waals surface area (Å²) in [5.41, 5.74) is 1.02. The molecule has 0 aromatic heterocycles. The molecule has 0 bridgehead atoms. The lowest BCUT2D eigenvalue weighted by atomic mass is 9.90. The van der Waals surface area contributed by atoms with E-state index in [-0.39, 0.29) is 23.2 Å².